The van der Waals surface area contributed by atoms with Gasteiger partial charge in [0.1, 0.15) is 11.6 Å². The summed E-state index contributed by atoms with van der Waals surface area (Å²) in [6.45, 7) is 4.04. The molecule has 0 radical (unpaired) electrons. The van der Waals surface area contributed by atoms with Crippen LogP contribution in [0.5, 0.6) is 5.75 Å². The minimum atomic E-state index is -3.81. The molecule has 6 nitrogen and oxygen atoms in total. The summed E-state index contributed by atoms with van der Waals surface area (Å²) in [6, 6.07) is 5.83. The van der Waals surface area contributed by atoms with Crippen molar-refractivity contribution in [1.29, 1.82) is 0 Å². The number of carbonyl (C=O) groups is 1. The zero-order chi connectivity index (χ0) is 26.2. The second-order valence-electron chi connectivity index (χ2n) is 9.61. The number of ether oxygens (including phenoxy) is 1. The standard InChI is InChI=1S/C25H28Cl2F2N2O4S/c1-14(17-9-20(26)24(29)21(27)10-17)31-7-5-15(6-8-31)13-35-23-12-22(28)19(11-18(23)16-3-4-16)25(32)30-36(2,33)34/h9-12,14-16H,3-8,13H2,1-2H3,(H,30,32)/t14-/m0/s1. The molecular formula is C25H28Cl2F2N2O4S. The molecule has 36 heavy (non-hydrogen) atoms. The molecule has 0 bridgehead atoms. The van der Waals surface area contributed by atoms with Crippen molar-refractivity contribution < 1.29 is 26.7 Å². The summed E-state index contributed by atoms with van der Waals surface area (Å²) >= 11 is 11.9. The van der Waals surface area contributed by atoms with Crippen LogP contribution in [0.1, 0.15) is 66.1 Å². The van der Waals surface area contributed by atoms with Crippen LogP contribution in [0.3, 0.4) is 0 Å². The summed E-state index contributed by atoms with van der Waals surface area (Å²) in [5.74, 6) is -1.60. The Morgan fingerprint density at radius 3 is 2.28 bits per heavy atom. The Labute approximate surface area is 220 Å². The van der Waals surface area contributed by atoms with Gasteiger partial charge in [-0.15, -0.1) is 0 Å². The van der Waals surface area contributed by atoms with E-state index < -0.39 is 27.6 Å². The van der Waals surface area contributed by atoms with E-state index in [4.69, 9.17) is 27.9 Å². The second kappa shape index (κ2) is 10.8. The number of sulfonamides is 1. The number of nitrogens with zero attached hydrogens (tertiary/aromatic N) is 1. The highest BCUT2D eigenvalue weighted by atomic mass is 35.5. The number of rotatable bonds is 8. The van der Waals surface area contributed by atoms with E-state index in [0.717, 1.165) is 56.2 Å². The molecule has 2 aromatic rings. The van der Waals surface area contributed by atoms with Gasteiger partial charge in [-0.1, -0.05) is 23.2 Å². The summed E-state index contributed by atoms with van der Waals surface area (Å²) < 4.78 is 59.1. The summed E-state index contributed by atoms with van der Waals surface area (Å²) in [5, 5.41) is 0.0114. The van der Waals surface area contributed by atoms with Crippen LogP contribution in [0.2, 0.25) is 10.0 Å². The van der Waals surface area contributed by atoms with E-state index in [1.54, 1.807) is 12.1 Å². The van der Waals surface area contributed by atoms with E-state index in [1.165, 1.54) is 12.1 Å². The maximum atomic E-state index is 14.7. The number of likely N-dealkylation sites (tertiary alicyclic amines) is 1. The molecule has 4 rings (SSSR count). The zero-order valence-corrected chi connectivity index (χ0v) is 22.3. The molecule has 1 aliphatic carbocycles. The maximum Gasteiger partial charge on any atom is 0.267 e. The highest BCUT2D eigenvalue weighted by Gasteiger charge is 2.31. The Hall–Kier alpha value is -1.94. The number of piperidine rings is 1. The minimum Gasteiger partial charge on any atom is -0.493 e. The molecule has 1 heterocycles. The van der Waals surface area contributed by atoms with Crippen LogP contribution in [0.25, 0.3) is 0 Å². The normalized spacial score (nSPS) is 18.2. The second-order valence-corrected chi connectivity index (χ2v) is 12.2. The first-order chi connectivity index (χ1) is 16.9. The monoisotopic (exact) mass is 560 g/mol. The highest BCUT2D eigenvalue weighted by molar-refractivity contribution is 7.89. The van der Waals surface area contributed by atoms with Crippen LogP contribution >= 0.6 is 23.2 Å². The fourth-order valence-electron chi connectivity index (χ4n) is 4.55. The van der Waals surface area contributed by atoms with Crippen molar-refractivity contribution in [3.63, 3.8) is 0 Å². The minimum absolute atomic E-state index is 0.00570. The largest absolute Gasteiger partial charge is 0.493 e. The van der Waals surface area contributed by atoms with Gasteiger partial charge in [0, 0.05) is 12.1 Å². The molecule has 2 aromatic carbocycles. The van der Waals surface area contributed by atoms with Gasteiger partial charge in [-0.2, -0.15) is 0 Å². The van der Waals surface area contributed by atoms with E-state index in [9.17, 15) is 22.0 Å². The Kier molecular flexibility index (Phi) is 8.14. The van der Waals surface area contributed by atoms with E-state index in [1.807, 2.05) is 11.6 Å². The topological polar surface area (TPSA) is 75.7 Å². The number of nitrogens with one attached hydrogen (secondary N) is 1. The van der Waals surface area contributed by atoms with E-state index >= 15 is 0 Å². The molecule has 2 fully saturated rings. The third-order valence-corrected chi connectivity index (χ3v) is 7.91. The molecule has 1 saturated heterocycles. The van der Waals surface area contributed by atoms with Crippen LogP contribution in [0, 0.1) is 17.6 Å². The van der Waals surface area contributed by atoms with Gasteiger partial charge in [-0.05, 0) is 86.9 Å². The predicted octanol–water partition coefficient (Wildman–Crippen LogP) is 5.69. The lowest BCUT2D eigenvalue weighted by Gasteiger charge is -2.36. The van der Waals surface area contributed by atoms with Crippen molar-refractivity contribution in [2.45, 2.75) is 44.6 Å². The highest BCUT2D eigenvalue weighted by Crippen LogP contribution is 2.45. The predicted molar refractivity (Wildman–Crippen MR) is 135 cm³/mol. The molecule has 196 valence electrons. The first kappa shape index (κ1) is 27.1. The lowest BCUT2D eigenvalue weighted by atomic mass is 9.95. The maximum absolute atomic E-state index is 14.7. The lowest BCUT2D eigenvalue weighted by molar-refractivity contribution is 0.0977. The number of hydrogen-bond acceptors (Lipinski definition) is 5. The number of benzene rings is 2. The Balaban J connectivity index is 1.38. The van der Waals surface area contributed by atoms with Gasteiger partial charge in [0.05, 0.1) is 28.5 Å². The van der Waals surface area contributed by atoms with Crippen molar-refractivity contribution in [2.24, 2.45) is 5.92 Å². The first-order valence-corrected chi connectivity index (χ1v) is 14.4. The Morgan fingerprint density at radius 1 is 1.11 bits per heavy atom. The summed E-state index contributed by atoms with van der Waals surface area (Å²) in [4.78, 5) is 14.5. The Morgan fingerprint density at radius 2 is 1.72 bits per heavy atom. The van der Waals surface area contributed by atoms with Crippen molar-refractivity contribution >= 4 is 39.1 Å². The fourth-order valence-corrected chi connectivity index (χ4v) is 5.50. The van der Waals surface area contributed by atoms with Gasteiger partial charge in [0.2, 0.25) is 10.0 Å². The molecular weight excluding hydrogens is 533 g/mol. The van der Waals surface area contributed by atoms with E-state index in [2.05, 4.69) is 4.90 Å². The number of halogens is 4. The average molecular weight is 561 g/mol. The summed E-state index contributed by atoms with van der Waals surface area (Å²) in [7, 11) is -3.81. The van der Waals surface area contributed by atoms with Gasteiger partial charge in [0.15, 0.2) is 5.82 Å². The Bertz CT molecular complexity index is 1240. The smallest absolute Gasteiger partial charge is 0.267 e. The molecule has 0 unspecified atom stereocenters. The van der Waals surface area contributed by atoms with Crippen LogP contribution in [-0.2, 0) is 10.0 Å². The number of amides is 1. The molecule has 1 saturated carbocycles. The van der Waals surface area contributed by atoms with Crippen LogP contribution in [-0.4, -0.2) is 45.2 Å². The van der Waals surface area contributed by atoms with Gasteiger partial charge in [-0.3, -0.25) is 9.69 Å². The van der Waals surface area contributed by atoms with Gasteiger partial charge < -0.3 is 4.74 Å². The van der Waals surface area contributed by atoms with Crippen LogP contribution < -0.4 is 9.46 Å². The molecule has 1 aliphatic heterocycles. The molecule has 0 aromatic heterocycles. The molecule has 0 spiro atoms. The van der Waals surface area contributed by atoms with Gasteiger partial charge in [-0.25, -0.2) is 21.9 Å². The van der Waals surface area contributed by atoms with Crippen molar-refractivity contribution in [1.82, 2.24) is 9.62 Å². The molecule has 1 atom stereocenters. The average Bonchev–Trinajstić information content (AvgIpc) is 3.65. The van der Waals surface area contributed by atoms with Gasteiger partial charge >= 0.3 is 0 Å². The molecule has 11 heteroatoms. The van der Waals surface area contributed by atoms with Gasteiger partial charge in [0.25, 0.3) is 5.91 Å². The number of carbonyl (C=O) groups excluding carboxylic acids is 1. The molecule has 1 N–H and O–H groups in total. The third kappa shape index (κ3) is 6.49. The molecule has 1 amide bonds. The zero-order valence-electron chi connectivity index (χ0n) is 20.0. The SMILES string of the molecule is C[C@@H](c1cc(Cl)c(F)c(Cl)c1)N1CCC(COc2cc(F)c(C(=O)NS(C)(=O)=O)cc2C2CC2)CC1. The quantitative estimate of drug-likeness (QED) is 0.420. The lowest BCUT2D eigenvalue weighted by Crippen LogP contribution is -2.37. The van der Waals surface area contributed by atoms with E-state index in [-0.39, 0.29) is 33.5 Å². The van der Waals surface area contributed by atoms with Crippen LogP contribution in [0.15, 0.2) is 24.3 Å². The van der Waals surface area contributed by atoms with Crippen LogP contribution in [0.4, 0.5) is 8.78 Å². The third-order valence-electron chi connectivity index (χ3n) is 6.80. The summed E-state index contributed by atoms with van der Waals surface area (Å²) in [5.41, 5.74) is 1.27. The van der Waals surface area contributed by atoms with E-state index in [0.29, 0.717) is 12.4 Å². The van der Waals surface area contributed by atoms with Crippen molar-refractivity contribution in [3.05, 3.63) is 62.6 Å². The molecule has 2 aliphatic rings. The summed E-state index contributed by atoms with van der Waals surface area (Å²) in [6.07, 6.45) is 4.38. The number of hydrogen-bond donors (Lipinski definition) is 1. The van der Waals surface area contributed by atoms with Crippen molar-refractivity contribution in [2.75, 3.05) is 26.0 Å². The van der Waals surface area contributed by atoms with Crippen molar-refractivity contribution in [3.8, 4) is 5.75 Å². The first-order valence-electron chi connectivity index (χ1n) is 11.8. The fraction of sp³-hybridized carbons (Fsp3) is 0.480.